The van der Waals surface area contributed by atoms with Crippen LogP contribution in [0.1, 0.15) is 16.7 Å². The zero-order chi connectivity index (χ0) is 17.8. The molecule has 1 saturated heterocycles. The minimum Gasteiger partial charge on any atom is -0.369 e. The molecule has 132 valence electrons. The number of aryl methyl sites for hydroxylation is 2. The van der Waals surface area contributed by atoms with Gasteiger partial charge in [-0.1, -0.05) is 29.8 Å². The van der Waals surface area contributed by atoms with E-state index in [1.165, 1.54) is 11.3 Å². The van der Waals surface area contributed by atoms with Crippen LogP contribution in [0.2, 0.25) is 0 Å². The molecule has 0 unspecified atom stereocenters. The average molecular weight is 337 g/mol. The molecule has 0 saturated carbocycles. The second kappa shape index (κ2) is 7.70. The molecule has 0 atom stereocenters. The van der Waals surface area contributed by atoms with E-state index < -0.39 is 0 Å². The molecule has 1 fully saturated rings. The molecule has 0 spiro atoms. The number of carbonyl (C=O) groups is 1. The molecule has 1 amide bonds. The molecule has 0 aliphatic carbocycles. The average Bonchev–Trinajstić information content (AvgIpc) is 2.59. The first kappa shape index (κ1) is 17.5. The van der Waals surface area contributed by atoms with Crippen molar-refractivity contribution in [3.8, 4) is 0 Å². The predicted octanol–water partition coefficient (Wildman–Crippen LogP) is 3.24. The van der Waals surface area contributed by atoms with Gasteiger partial charge in [0.05, 0.1) is 6.42 Å². The largest absolute Gasteiger partial charge is 0.369 e. The minimum absolute atomic E-state index is 0.0271. The zero-order valence-corrected chi connectivity index (χ0v) is 15.4. The van der Waals surface area contributed by atoms with E-state index in [0.29, 0.717) is 6.42 Å². The van der Waals surface area contributed by atoms with Gasteiger partial charge < -0.3 is 15.1 Å². The summed E-state index contributed by atoms with van der Waals surface area (Å²) in [5.74, 6) is 0.0271. The Morgan fingerprint density at radius 3 is 2.32 bits per heavy atom. The number of benzene rings is 2. The molecule has 4 nitrogen and oxygen atoms in total. The van der Waals surface area contributed by atoms with Gasteiger partial charge in [-0.3, -0.25) is 4.79 Å². The van der Waals surface area contributed by atoms with Crippen LogP contribution >= 0.6 is 0 Å². The van der Waals surface area contributed by atoms with Gasteiger partial charge in [-0.25, -0.2) is 0 Å². The van der Waals surface area contributed by atoms with E-state index in [0.717, 1.165) is 43.0 Å². The van der Waals surface area contributed by atoms with Crippen molar-refractivity contribution in [2.24, 2.45) is 0 Å². The Balaban J connectivity index is 1.62. The Bertz CT molecular complexity index is 731. The van der Waals surface area contributed by atoms with Gasteiger partial charge in [-0.2, -0.15) is 0 Å². The molecule has 2 aromatic carbocycles. The third kappa shape index (κ3) is 4.60. The first-order valence-corrected chi connectivity index (χ1v) is 8.91. The van der Waals surface area contributed by atoms with Crippen molar-refractivity contribution in [2.45, 2.75) is 20.3 Å². The summed E-state index contributed by atoms with van der Waals surface area (Å²) in [6, 6.07) is 14.4. The van der Waals surface area contributed by atoms with E-state index >= 15 is 0 Å². The number of likely N-dealkylation sites (N-methyl/N-ethyl adjacent to an activating group) is 1. The normalized spacial score (nSPS) is 15.2. The number of anilines is 2. The number of nitrogens with zero attached hydrogens (tertiary/aromatic N) is 2. The smallest absolute Gasteiger partial charge is 0.228 e. The maximum atomic E-state index is 12.3. The molecular formula is C21H27N3O. The zero-order valence-electron chi connectivity index (χ0n) is 15.4. The molecule has 2 aromatic rings. The molecule has 3 rings (SSSR count). The van der Waals surface area contributed by atoms with Crippen LogP contribution < -0.4 is 10.2 Å². The third-order valence-electron chi connectivity index (χ3n) is 4.84. The Hall–Kier alpha value is -2.33. The molecule has 0 bridgehead atoms. The van der Waals surface area contributed by atoms with Gasteiger partial charge in [0.2, 0.25) is 5.91 Å². The van der Waals surface area contributed by atoms with Crippen molar-refractivity contribution in [3.05, 3.63) is 59.2 Å². The summed E-state index contributed by atoms with van der Waals surface area (Å²) in [6.45, 7) is 8.39. The molecule has 1 aliphatic rings. The monoisotopic (exact) mass is 337 g/mol. The van der Waals surface area contributed by atoms with Gasteiger partial charge in [-0.05, 0) is 50.2 Å². The maximum absolute atomic E-state index is 12.3. The Morgan fingerprint density at radius 2 is 1.68 bits per heavy atom. The predicted molar refractivity (Wildman–Crippen MR) is 104 cm³/mol. The van der Waals surface area contributed by atoms with Crippen LogP contribution in [-0.4, -0.2) is 44.0 Å². The van der Waals surface area contributed by atoms with E-state index in [1.807, 2.05) is 30.3 Å². The molecule has 4 heteroatoms. The van der Waals surface area contributed by atoms with Crippen molar-refractivity contribution in [2.75, 3.05) is 43.4 Å². The van der Waals surface area contributed by atoms with Crippen molar-refractivity contribution in [1.29, 1.82) is 0 Å². The fraction of sp³-hybridized carbons (Fsp3) is 0.381. The molecule has 1 heterocycles. The lowest BCUT2D eigenvalue weighted by Gasteiger charge is -2.34. The number of nitrogens with one attached hydrogen (secondary N) is 1. The fourth-order valence-electron chi connectivity index (χ4n) is 3.14. The fourth-order valence-corrected chi connectivity index (χ4v) is 3.14. The lowest BCUT2D eigenvalue weighted by molar-refractivity contribution is -0.115. The number of rotatable bonds is 4. The van der Waals surface area contributed by atoms with Crippen LogP contribution in [0.5, 0.6) is 0 Å². The van der Waals surface area contributed by atoms with Crippen molar-refractivity contribution in [3.63, 3.8) is 0 Å². The Labute approximate surface area is 150 Å². The molecule has 1 aliphatic heterocycles. The molecule has 0 aromatic heterocycles. The number of carbonyl (C=O) groups excluding carboxylic acids is 1. The number of amides is 1. The molecule has 25 heavy (non-hydrogen) atoms. The van der Waals surface area contributed by atoms with Gasteiger partial charge in [-0.15, -0.1) is 0 Å². The molecule has 1 N–H and O–H groups in total. The first-order valence-electron chi connectivity index (χ1n) is 8.91. The van der Waals surface area contributed by atoms with Crippen molar-refractivity contribution < 1.29 is 4.79 Å². The lowest BCUT2D eigenvalue weighted by atomic mass is 10.1. The molecule has 0 radical (unpaired) electrons. The number of hydrogen-bond donors (Lipinski definition) is 1. The highest BCUT2D eigenvalue weighted by molar-refractivity contribution is 5.93. The van der Waals surface area contributed by atoms with Crippen LogP contribution in [0, 0.1) is 13.8 Å². The van der Waals surface area contributed by atoms with Crippen molar-refractivity contribution >= 4 is 17.3 Å². The van der Waals surface area contributed by atoms with Gasteiger partial charge in [0, 0.05) is 37.6 Å². The summed E-state index contributed by atoms with van der Waals surface area (Å²) in [4.78, 5) is 17.1. The Morgan fingerprint density at radius 1 is 1.00 bits per heavy atom. The second-order valence-corrected chi connectivity index (χ2v) is 7.00. The highest BCUT2D eigenvalue weighted by Crippen LogP contribution is 2.24. The van der Waals surface area contributed by atoms with Gasteiger partial charge in [0.25, 0.3) is 0 Å². The van der Waals surface area contributed by atoms with E-state index in [1.54, 1.807) is 0 Å². The topological polar surface area (TPSA) is 35.6 Å². The lowest BCUT2D eigenvalue weighted by Crippen LogP contribution is -2.44. The van der Waals surface area contributed by atoms with Crippen LogP contribution in [-0.2, 0) is 11.2 Å². The summed E-state index contributed by atoms with van der Waals surface area (Å²) < 4.78 is 0. The van der Waals surface area contributed by atoms with Gasteiger partial charge >= 0.3 is 0 Å². The highest BCUT2D eigenvalue weighted by Gasteiger charge is 2.15. The standard InChI is InChI=1S/C21H27N3O/c1-16-4-6-18(7-5-16)15-21(25)22-20-9-8-19(14-17(20)2)24-12-10-23(3)11-13-24/h4-9,14H,10-13,15H2,1-3H3,(H,22,25). The van der Waals surface area contributed by atoms with Gasteiger partial charge in [0.1, 0.15) is 0 Å². The first-order chi connectivity index (χ1) is 12.0. The van der Waals surface area contributed by atoms with E-state index in [2.05, 4.69) is 48.1 Å². The third-order valence-corrected chi connectivity index (χ3v) is 4.84. The molecular weight excluding hydrogens is 310 g/mol. The highest BCUT2D eigenvalue weighted by atomic mass is 16.1. The summed E-state index contributed by atoms with van der Waals surface area (Å²) in [7, 11) is 2.16. The van der Waals surface area contributed by atoms with E-state index in [9.17, 15) is 4.79 Å². The van der Waals surface area contributed by atoms with E-state index in [-0.39, 0.29) is 5.91 Å². The Kier molecular flexibility index (Phi) is 5.39. The quantitative estimate of drug-likeness (QED) is 0.930. The summed E-state index contributed by atoms with van der Waals surface area (Å²) in [5.41, 5.74) is 5.49. The van der Waals surface area contributed by atoms with Crippen LogP contribution in [0.25, 0.3) is 0 Å². The number of hydrogen-bond acceptors (Lipinski definition) is 3. The summed E-state index contributed by atoms with van der Waals surface area (Å²) >= 11 is 0. The summed E-state index contributed by atoms with van der Waals surface area (Å²) in [6.07, 6.45) is 0.403. The minimum atomic E-state index is 0.0271. The van der Waals surface area contributed by atoms with Crippen LogP contribution in [0.4, 0.5) is 11.4 Å². The van der Waals surface area contributed by atoms with Gasteiger partial charge in [0.15, 0.2) is 0 Å². The second-order valence-electron chi connectivity index (χ2n) is 7.00. The summed E-state index contributed by atoms with van der Waals surface area (Å²) in [5, 5.41) is 3.04. The number of piperazine rings is 1. The maximum Gasteiger partial charge on any atom is 0.228 e. The van der Waals surface area contributed by atoms with E-state index in [4.69, 9.17) is 0 Å². The SMILES string of the molecule is Cc1ccc(CC(=O)Nc2ccc(N3CCN(C)CC3)cc2C)cc1. The van der Waals surface area contributed by atoms with Crippen LogP contribution in [0.15, 0.2) is 42.5 Å². The van der Waals surface area contributed by atoms with Crippen LogP contribution in [0.3, 0.4) is 0 Å². The van der Waals surface area contributed by atoms with Crippen molar-refractivity contribution in [1.82, 2.24) is 4.90 Å².